The summed E-state index contributed by atoms with van der Waals surface area (Å²) in [6.07, 6.45) is 5.85. The van der Waals surface area contributed by atoms with Crippen molar-refractivity contribution >= 4 is 23.8 Å². The van der Waals surface area contributed by atoms with Gasteiger partial charge < -0.3 is 15.4 Å². The van der Waals surface area contributed by atoms with Crippen molar-refractivity contribution < 1.29 is 23.9 Å². The van der Waals surface area contributed by atoms with Gasteiger partial charge in [0.1, 0.15) is 12.1 Å². The van der Waals surface area contributed by atoms with Gasteiger partial charge in [-0.2, -0.15) is 0 Å². The summed E-state index contributed by atoms with van der Waals surface area (Å²) >= 11 is 0. The molecule has 1 saturated heterocycles. The summed E-state index contributed by atoms with van der Waals surface area (Å²) in [7, 11) is 1.31. The molecule has 0 aromatic carbocycles. The first-order chi connectivity index (χ1) is 11.5. The average molecular weight is 339 g/mol. The molecule has 1 aliphatic heterocycles. The lowest BCUT2D eigenvalue weighted by molar-refractivity contribution is -0.140. The Kier molecular flexibility index (Phi) is 6.16. The van der Waals surface area contributed by atoms with Gasteiger partial charge in [0.15, 0.2) is 0 Å². The number of hydrogen-bond donors (Lipinski definition) is 2. The molecule has 0 atom stereocenters. The van der Waals surface area contributed by atoms with Crippen LogP contribution < -0.4 is 10.6 Å². The summed E-state index contributed by atoms with van der Waals surface area (Å²) in [5.74, 6) is -1.04. The van der Waals surface area contributed by atoms with Gasteiger partial charge in [-0.25, -0.2) is 4.79 Å². The van der Waals surface area contributed by atoms with Crippen molar-refractivity contribution in [2.45, 2.75) is 56.9 Å². The van der Waals surface area contributed by atoms with Gasteiger partial charge in [-0.15, -0.1) is 0 Å². The molecule has 2 fully saturated rings. The van der Waals surface area contributed by atoms with E-state index >= 15 is 0 Å². The van der Waals surface area contributed by atoms with Gasteiger partial charge >= 0.3 is 12.0 Å². The number of hydrogen-bond acceptors (Lipinski definition) is 5. The van der Waals surface area contributed by atoms with Crippen molar-refractivity contribution in [3.63, 3.8) is 0 Å². The molecule has 0 aromatic heterocycles. The van der Waals surface area contributed by atoms with E-state index in [1.807, 2.05) is 0 Å². The summed E-state index contributed by atoms with van der Waals surface area (Å²) in [6, 6.07) is -0.494. The number of ether oxygens (including phenoxy) is 1. The van der Waals surface area contributed by atoms with Gasteiger partial charge in [0.05, 0.1) is 7.11 Å². The lowest BCUT2D eigenvalue weighted by Gasteiger charge is -2.24. The van der Waals surface area contributed by atoms with Crippen LogP contribution >= 0.6 is 0 Å². The summed E-state index contributed by atoms with van der Waals surface area (Å²) in [5.41, 5.74) is -0.821. The quantitative estimate of drug-likeness (QED) is 0.421. The Balaban J connectivity index is 1.83. The fraction of sp³-hybridized carbons (Fsp3) is 0.750. The van der Waals surface area contributed by atoms with E-state index in [0.717, 1.165) is 30.6 Å². The number of carbonyl (C=O) groups is 4. The molecule has 0 unspecified atom stereocenters. The number of esters is 1. The summed E-state index contributed by atoms with van der Waals surface area (Å²) in [6.45, 7) is 0.00731. The van der Waals surface area contributed by atoms with Gasteiger partial charge in [-0.05, 0) is 19.3 Å². The van der Waals surface area contributed by atoms with Gasteiger partial charge in [0.2, 0.25) is 5.91 Å². The molecule has 2 aliphatic rings. The van der Waals surface area contributed by atoms with Crippen LogP contribution in [0.5, 0.6) is 0 Å². The average Bonchev–Trinajstić information content (AvgIpc) is 2.75. The van der Waals surface area contributed by atoms with Crippen LogP contribution in [0.2, 0.25) is 0 Å². The van der Waals surface area contributed by atoms with Gasteiger partial charge in [-0.1, -0.05) is 25.7 Å². The van der Waals surface area contributed by atoms with Crippen molar-refractivity contribution in [3.05, 3.63) is 0 Å². The fourth-order valence-electron chi connectivity index (χ4n) is 3.25. The molecular weight excluding hydrogens is 314 g/mol. The topological polar surface area (TPSA) is 105 Å². The zero-order chi connectivity index (χ0) is 17.6. The molecule has 24 heavy (non-hydrogen) atoms. The minimum atomic E-state index is -0.821. The second kappa shape index (κ2) is 8.12. The third-order valence-corrected chi connectivity index (χ3v) is 4.61. The maximum Gasteiger partial charge on any atom is 0.325 e. The highest BCUT2D eigenvalue weighted by atomic mass is 16.5. The highest BCUT2D eigenvalue weighted by Gasteiger charge is 2.50. The smallest absolute Gasteiger partial charge is 0.325 e. The third-order valence-electron chi connectivity index (χ3n) is 4.61. The van der Waals surface area contributed by atoms with Gasteiger partial charge in [-0.3, -0.25) is 19.3 Å². The van der Waals surface area contributed by atoms with Crippen LogP contribution in [0.3, 0.4) is 0 Å². The lowest BCUT2D eigenvalue weighted by Crippen LogP contribution is -2.47. The van der Waals surface area contributed by atoms with Gasteiger partial charge in [0.25, 0.3) is 5.91 Å². The number of imide groups is 1. The van der Waals surface area contributed by atoms with E-state index in [9.17, 15) is 19.2 Å². The van der Waals surface area contributed by atoms with E-state index in [1.165, 1.54) is 7.11 Å². The van der Waals surface area contributed by atoms with Crippen LogP contribution in [0, 0.1) is 0 Å². The first-order valence-corrected chi connectivity index (χ1v) is 8.46. The monoisotopic (exact) mass is 339 g/mol. The van der Waals surface area contributed by atoms with E-state index in [4.69, 9.17) is 0 Å². The van der Waals surface area contributed by atoms with Crippen molar-refractivity contribution in [2.24, 2.45) is 0 Å². The predicted molar refractivity (Wildman–Crippen MR) is 84.9 cm³/mol. The van der Waals surface area contributed by atoms with Crippen LogP contribution in [0.15, 0.2) is 0 Å². The number of urea groups is 1. The molecule has 1 spiro atoms. The Morgan fingerprint density at radius 1 is 1.21 bits per heavy atom. The third kappa shape index (κ3) is 4.24. The molecule has 2 N–H and O–H groups in total. The number of methoxy groups -OCH3 is 1. The first kappa shape index (κ1) is 18.2. The first-order valence-electron chi connectivity index (χ1n) is 8.46. The minimum absolute atomic E-state index is 0.211. The maximum absolute atomic E-state index is 12.6. The van der Waals surface area contributed by atoms with Crippen LogP contribution in [0.1, 0.15) is 51.4 Å². The maximum atomic E-state index is 12.6. The van der Waals surface area contributed by atoms with Crippen LogP contribution in [-0.2, 0) is 19.1 Å². The van der Waals surface area contributed by atoms with Gasteiger partial charge in [0, 0.05) is 13.0 Å². The normalized spacial score (nSPS) is 19.8. The zero-order valence-electron chi connectivity index (χ0n) is 14.1. The number of rotatable bonds is 6. The predicted octanol–water partition coefficient (Wildman–Crippen LogP) is 0.701. The molecule has 0 bridgehead atoms. The van der Waals surface area contributed by atoms with E-state index < -0.39 is 17.5 Å². The van der Waals surface area contributed by atoms with E-state index in [1.54, 1.807) is 0 Å². The van der Waals surface area contributed by atoms with Crippen molar-refractivity contribution in [1.82, 2.24) is 15.5 Å². The molecule has 0 aromatic rings. The standard InChI is InChI=1S/C16H25N3O5/c1-24-13(21)7-6-10-17-12(20)11-19-14(22)16(18-15(19)23)8-4-2-3-5-9-16/h2-11H2,1H3,(H,17,20)(H,18,23). The Morgan fingerprint density at radius 3 is 2.50 bits per heavy atom. The molecule has 8 heteroatoms. The van der Waals surface area contributed by atoms with Crippen LogP contribution in [0.25, 0.3) is 0 Å². The Hall–Kier alpha value is -2.12. The molecular formula is C16H25N3O5. The van der Waals surface area contributed by atoms with Crippen LogP contribution in [0.4, 0.5) is 4.79 Å². The number of nitrogens with one attached hydrogen (secondary N) is 2. The second-order valence-electron chi connectivity index (χ2n) is 6.35. The molecule has 8 nitrogen and oxygen atoms in total. The Bertz CT molecular complexity index is 512. The molecule has 1 aliphatic carbocycles. The fourth-order valence-corrected chi connectivity index (χ4v) is 3.25. The van der Waals surface area contributed by atoms with Crippen LogP contribution in [-0.4, -0.2) is 54.5 Å². The summed E-state index contributed by atoms with van der Waals surface area (Å²) < 4.78 is 4.51. The van der Waals surface area contributed by atoms with Crippen molar-refractivity contribution in [2.75, 3.05) is 20.2 Å². The summed E-state index contributed by atoms with van der Waals surface area (Å²) in [4.78, 5) is 48.7. The van der Waals surface area contributed by atoms with Crippen molar-refractivity contribution in [1.29, 1.82) is 0 Å². The SMILES string of the molecule is COC(=O)CCCNC(=O)CN1C(=O)NC2(CCCCCC2)C1=O. The molecule has 0 radical (unpaired) electrons. The number of carbonyl (C=O) groups excluding carboxylic acids is 4. The molecule has 4 amide bonds. The van der Waals surface area contributed by atoms with Crippen molar-refractivity contribution in [3.8, 4) is 0 Å². The molecule has 1 saturated carbocycles. The number of nitrogens with zero attached hydrogens (tertiary/aromatic N) is 1. The lowest BCUT2D eigenvalue weighted by atomic mass is 9.90. The second-order valence-corrected chi connectivity index (χ2v) is 6.35. The summed E-state index contributed by atoms with van der Waals surface area (Å²) in [5, 5.41) is 5.41. The minimum Gasteiger partial charge on any atom is -0.469 e. The zero-order valence-corrected chi connectivity index (χ0v) is 14.1. The highest BCUT2D eigenvalue weighted by Crippen LogP contribution is 2.32. The van der Waals surface area contributed by atoms with E-state index in [0.29, 0.717) is 25.8 Å². The molecule has 134 valence electrons. The molecule has 2 rings (SSSR count). The molecule has 1 heterocycles. The van der Waals surface area contributed by atoms with E-state index in [2.05, 4.69) is 15.4 Å². The van der Waals surface area contributed by atoms with E-state index in [-0.39, 0.29) is 24.8 Å². The highest BCUT2D eigenvalue weighted by molar-refractivity contribution is 6.09. The Morgan fingerprint density at radius 2 is 1.88 bits per heavy atom. The Labute approximate surface area is 141 Å². The number of amides is 4. The largest absolute Gasteiger partial charge is 0.469 e.